The number of ether oxygens (including phenoxy) is 1. The third-order valence-electron chi connectivity index (χ3n) is 4.73. The summed E-state index contributed by atoms with van der Waals surface area (Å²) in [4.78, 5) is 2.32. The van der Waals surface area contributed by atoms with Gasteiger partial charge in [0.25, 0.3) is 0 Å². The molecule has 3 rings (SSSR count). The van der Waals surface area contributed by atoms with Gasteiger partial charge < -0.3 is 15.0 Å². The van der Waals surface area contributed by atoms with Crippen LogP contribution in [0.5, 0.6) is 0 Å². The fourth-order valence-electron chi connectivity index (χ4n) is 2.84. The largest absolute Gasteiger partial charge is 0.381 e. The van der Waals surface area contributed by atoms with E-state index in [0.717, 1.165) is 37.6 Å². The van der Waals surface area contributed by atoms with Gasteiger partial charge in [-0.25, -0.2) is 8.42 Å². The van der Waals surface area contributed by atoms with E-state index in [2.05, 4.69) is 39.2 Å². The molecule has 0 radical (unpaired) electrons. The zero-order valence-corrected chi connectivity index (χ0v) is 17.6. The molecule has 6 nitrogen and oxygen atoms in total. The Morgan fingerprint density at radius 1 is 1.00 bits per heavy atom. The summed E-state index contributed by atoms with van der Waals surface area (Å²) >= 11 is 0. The topological polar surface area (TPSA) is 70.7 Å². The Morgan fingerprint density at radius 3 is 2.32 bits per heavy atom. The van der Waals surface area contributed by atoms with E-state index in [1.807, 2.05) is 12.1 Å². The predicted octanol–water partition coefficient (Wildman–Crippen LogP) is 3.68. The van der Waals surface area contributed by atoms with Gasteiger partial charge in [0.05, 0.1) is 18.0 Å². The standard InChI is InChI=1S/C21H29N3O3S/c1-21(2,3)28(25,26)23-18-9-7-17(8-10-18)16-22-19-5-4-6-20(15-19)24-11-13-27-14-12-24/h4-10,15,22-23H,11-14,16H2,1-3H3. The molecule has 0 aliphatic carbocycles. The summed E-state index contributed by atoms with van der Waals surface area (Å²) in [6, 6.07) is 15.8. The lowest BCUT2D eigenvalue weighted by atomic mass is 10.2. The summed E-state index contributed by atoms with van der Waals surface area (Å²) in [6.07, 6.45) is 0. The van der Waals surface area contributed by atoms with Crippen LogP contribution in [-0.2, 0) is 21.3 Å². The Bertz CT molecular complexity index is 884. The van der Waals surface area contributed by atoms with Crippen molar-refractivity contribution in [3.63, 3.8) is 0 Å². The molecule has 0 aromatic heterocycles. The molecule has 1 aliphatic rings. The molecule has 0 atom stereocenters. The molecule has 1 fully saturated rings. The number of sulfonamides is 1. The van der Waals surface area contributed by atoms with Crippen molar-refractivity contribution in [1.29, 1.82) is 0 Å². The number of nitrogens with one attached hydrogen (secondary N) is 2. The Morgan fingerprint density at radius 2 is 1.68 bits per heavy atom. The molecule has 28 heavy (non-hydrogen) atoms. The second kappa shape index (κ2) is 8.41. The molecule has 2 aromatic carbocycles. The highest BCUT2D eigenvalue weighted by Crippen LogP contribution is 2.22. The second-order valence-electron chi connectivity index (χ2n) is 7.92. The van der Waals surface area contributed by atoms with Crippen LogP contribution in [0.15, 0.2) is 48.5 Å². The highest BCUT2D eigenvalue weighted by Gasteiger charge is 2.28. The van der Waals surface area contributed by atoms with Crippen LogP contribution >= 0.6 is 0 Å². The number of benzene rings is 2. The van der Waals surface area contributed by atoms with Crippen LogP contribution in [0.4, 0.5) is 17.1 Å². The molecule has 1 saturated heterocycles. The van der Waals surface area contributed by atoms with Gasteiger partial charge in [0.15, 0.2) is 0 Å². The smallest absolute Gasteiger partial charge is 0.237 e. The molecule has 0 amide bonds. The van der Waals surface area contributed by atoms with Crippen LogP contribution in [0.1, 0.15) is 26.3 Å². The minimum Gasteiger partial charge on any atom is -0.381 e. The lowest BCUT2D eigenvalue weighted by Gasteiger charge is -2.29. The summed E-state index contributed by atoms with van der Waals surface area (Å²) in [7, 11) is -3.41. The molecule has 2 N–H and O–H groups in total. The molecule has 152 valence electrons. The summed E-state index contributed by atoms with van der Waals surface area (Å²) in [5, 5.41) is 3.44. The van der Waals surface area contributed by atoms with E-state index in [1.54, 1.807) is 32.9 Å². The van der Waals surface area contributed by atoms with Crippen LogP contribution in [0.3, 0.4) is 0 Å². The predicted molar refractivity (Wildman–Crippen MR) is 116 cm³/mol. The number of nitrogens with zero attached hydrogens (tertiary/aromatic N) is 1. The maximum Gasteiger partial charge on any atom is 0.237 e. The Hall–Kier alpha value is -2.25. The van der Waals surface area contributed by atoms with Gasteiger partial charge in [-0.15, -0.1) is 0 Å². The molecular formula is C21H29N3O3S. The van der Waals surface area contributed by atoms with Crippen LogP contribution in [0, 0.1) is 0 Å². The Kier molecular flexibility index (Phi) is 6.15. The molecule has 0 bridgehead atoms. The summed E-state index contributed by atoms with van der Waals surface area (Å²) < 4.78 is 31.7. The number of morpholine rings is 1. The SMILES string of the molecule is CC(C)(C)S(=O)(=O)Nc1ccc(CNc2cccc(N3CCOCC3)c2)cc1. The zero-order valence-electron chi connectivity index (χ0n) is 16.7. The summed E-state index contributed by atoms with van der Waals surface area (Å²) in [5.41, 5.74) is 3.91. The molecule has 2 aromatic rings. The first-order valence-corrected chi connectivity index (χ1v) is 11.0. The van der Waals surface area contributed by atoms with Gasteiger partial charge >= 0.3 is 0 Å². The maximum atomic E-state index is 12.2. The molecule has 0 spiro atoms. The van der Waals surface area contributed by atoms with Crippen molar-refractivity contribution in [2.75, 3.05) is 41.2 Å². The number of rotatable bonds is 6. The normalized spacial score (nSPS) is 15.3. The number of hydrogen-bond acceptors (Lipinski definition) is 5. The van der Waals surface area contributed by atoms with Crippen molar-refractivity contribution in [1.82, 2.24) is 0 Å². The minimum absolute atomic E-state index is 0.577. The van der Waals surface area contributed by atoms with Gasteiger partial charge in [0, 0.05) is 36.7 Å². The van der Waals surface area contributed by atoms with Gasteiger partial charge in [-0.1, -0.05) is 18.2 Å². The minimum atomic E-state index is -3.41. The van der Waals surface area contributed by atoms with Gasteiger partial charge in [0.2, 0.25) is 10.0 Å². The van der Waals surface area contributed by atoms with Crippen molar-refractivity contribution in [3.05, 3.63) is 54.1 Å². The van der Waals surface area contributed by atoms with Crippen molar-refractivity contribution in [2.45, 2.75) is 32.1 Å². The molecule has 1 aliphatic heterocycles. The lowest BCUT2D eigenvalue weighted by Crippen LogP contribution is -2.36. The lowest BCUT2D eigenvalue weighted by molar-refractivity contribution is 0.122. The van der Waals surface area contributed by atoms with E-state index in [4.69, 9.17) is 4.74 Å². The Labute approximate surface area is 168 Å². The monoisotopic (exact) mass is 403 g/mol. The van der Waals surface area contributed by atoms with E-state index in [0.29, 0.717) is 12.2 Å². The highest BCUT2D eigenvalue weighted by atomic mass is 32.2. The van der Waals surface area contributed by atoms with Crippen molar-refractivity contribution in [3.8, 4) is 0 Å². The van der Waals surface area contributed by atoms with Crippen LogP contribution in [-0.4, -0.2) is 39.5 Å². The fourth-order valence-corrected chi connectivity index (χ4v) is 3.59. The van der Waals surface area contributed by atoms with Crippen molar-refractivity contribution in [2.24, 2.45) is 0 Å². The summed E-state index contributed by atoms with van der Waals surface area (Å²) in [5.74, 6) is 0. The number of anilines is 3. The quantitative estimate of drug-likeness (QED) is 0.770. The molecule has 0 unspecified atom stereocenters. The maximum absolute atomic E-state index is 12.2. The van der Waals surface area contributed by atoms with Crippen LogP contribution in [0.25, 0.3) is 0 Å². The van der Waals surface area contributed by atoms with Gasteiger partial charge in [0.1, 0.15) is 0 Å². The van der Waals surface area contributed by atoms with E-state index >= 15 is 0 Å². The fraction of sp³-hybridized carbons (Fsp3) is 0.429. The average molecular weight is 404 g/mol. The molecule has 0 saturated carbocycles. The summed E-state index contributed by atoms with van der Waals surface area (Å²) in [6.45, 7) is 9.06. The Balaban J connectivity index is 1.59. The van der Waals surface area contributed by atoms with E-state index in [1.165, 1.54) is 5.69 Å². The highest BCUT2D eigenvalue weighted by molar-refractivity contribution is 7.94. The molecule has 1 heterocycles. The third kappa shape index (κ3) is 5.17. The first-order valence-electron chi connectivity index (χ1n) is 9.52. The first-order chi connectivity index (χ1) is 13.2. The zero-order chi connectivity index (χ0) is 20.2. The molecule has 7 heteroatoms. The first kappa shape index (κ1) is 20.5. The van der Waals surface area contributed by atoms with Crippen molar-refractivity contribution < 1.29 is 13.2 Å². The van der Waals surface area contributed by atoms with Gasteiger partial charge in [-0.05, 0) is 56.7 Å². The number of hydrogen-bond donors (Lipinski definition) is 2. The molecular weight excluding hydrogens is 374 g/mol. The van der Waals surface area contributed by atoms with Gasteiger partial charge in [-0.2, -0.15) is 0 Å². The third-order valence-corrected chi connectivity index (χ3v) is 6.85. The second-order valence-corrected chi connectivity index (χ2v) is 10.4. The van der Waals surface area contributed by atoms with E-state index in [9.17, 15) is 8.42 Å². The van der Waals surface area contributed by atoms with Gasteiger partial charge in [-0.3, -0.25) is 4.72 Å². The average Bonchev–Trinajstić information content (AvgIpc) is 2.67. The van der Waals surface area contributed by atoms with E-state index < -0.39 is 14.8 Å². The van der Waals surface area contributed by atoms with Crippen molar-refractivity contribution >= 4 is 27.1 Å². The van der Waals surface area contributed by atoms with Crippen LogP contribution in [0.2, 0.25) is 0 Å². The van der Waals surface area contributed by atoms with Crippen LogP contribution < -0.4 is 14.9 Å². The van der Waals surface area contributed by atoms with E-state index in [-0.39, 0.29) is 0 Å².